The average Bonchev–Trinajstić information content (AvgIpc) is 2.20. The maximum atomic E-state index is 11.0. The maximum absolute atomic E-state index is 11.0. The van der Waals surface area contributed by atoms with Gasteiger partial charge in [0.2, 0.25) is 0 Å². The summed E-state index contributed by atoms with van der Waals surface area (Å²) >= 11 is 0. The number of esters is 1. The summed E-state index contributed by atoms with van der Waals surface area (Å²) in [5.74, 6) is -0.0670. The van der Waals surface area contributed by atoms with Crippen molar-refractivity contribution in [3.63, 3.8) is 0 Å². The highest BCUT2D eigenvalue weighted by Gasteiger charge is 2.09. The van der Waals surface area contributed by atoms with Crippen LogP contribution in [-0.2, 0) is 9.53 Å². The van der Waals surface area contributed by atoms with Gasteiger partial charge in [-0.05, 0) is 19.9 Å². The summed E-state index contributed by atoms with van der Waals surface area (Å²) in [6, 6.07) is 0. The van der Waals surface area contributed by atoms with Gasteiger partial charge >= 0.3 is 5.97 Å². The number of hydrogen-bond acceptors (Lipinski definition) is 4. The van der Waals surface area contributed by atoms with E-state index in [1.165, 1.54) is 0 Å². The molecule has 1 N–H and O–H groups in total. The third-order valence-corrected chi connectivity index (χ3v) is 2.37. The lowest BCUT2D eigenvalue weighted by atomic mass is 10.2. The Hall–Kier alpha value is -0.610. The number of rotatable bonds is 5. The molecule has 14 heavy (non-hydrogen) atoms. The van der Waals surface area contributed by atoms with Crippen LogP contribution in [0, 0.1) is 0 Å². The molecule has 1 fully saturated rings. The van der Waals surface area contributed by atoms with Crippen LogP contribution in [0.2, 0.25) is 0 Å². The Kier molecular flexibility index (Phi) is 5.56. The molecule has 1 rings (SSSR count). The minimum absolute atomic E-state index is 0.0670. The van der Waals surface area contributed by atoms with Gasteiger partial charge in [0.05, 0.1) is 6.61 Å². The topological polar surface area (TPSA) is 41.6 Å². The molecule has 0 unspecified atom stereocenters. The molecular weight excluding hydrogens is 180 g/mol. The van der Waals surface area contributed by atoms with Crippen LogP contribution in [0.1, 0.15) is 19.8 Å². The summed E-state index contributed by atoms with van der Waals surface area (Å²) in [4.78, 5) is 13.4. The smallest absolute Gasteiger partial charge is 0.305 e. The molecule has 0 aromatic carbocycles. The highest BCUT2D eigenvalue weighted by molar-refractivity contribution is 5.69. The van der Waals surface area contributed by atoms with E-state index in [1.807, 2.05) is 6.92 Å². The van der Waals surface area contributed by atoms with Crippen molar-refractivity contribution < 1.29 is 9.53 Å². The normalized spacial score (nSPS) is 18.1. The zero-order valence-corrected chi connectivity index (χ0v) is 8.92. The van der Waals surface area contributed by atoms with Gasteiger partial charge in [0.1, 0.15) is 0 Å². The van der Waals surface area contributed by atoms with E-state index in [2.05, 4.69) is 10.2 Å². The van der Waals surface area contributed by atoms with Gasteiger partial charge in [0.15, 0.2) is 0 Å². The lowest BCUT2D eigenvalue weighted by Crippen LogP contribution is -2.43. The molecule has 0 amide bonds. The summed E-state index contributed by atoms with van der Waals surface area (Å²) in [6.45, 7) is 7.69. The van der Waals surface area contributed by atoms with E-state index in [4.69, 9.17) is 4.74 Å². The van der Waals surface area contributed by atoms with Gasteiger partial charge in [-0.25, -0.2) is 0 Å². The van der Waals surface area contributed by atoms with E-state index in [9.17, 15) is 4.79 Å². The van der Waals surface area contributed by atoms with Crippen molar-refractivity contribution >= 4 is 5.97 Å². The lowest BCUT2D eigenvalue weighted by Gasteiger charge is -2.26. The quantitative estimate of drug-likeness (QED) is 0.645. The van der Waals surface area contributed by atoms with E-state index in [0.29, 0.717) is 13.0 Å². The Bertz CT molecular complexity index is 168. The Labute approximate surface area is 85.6 Å². The summed E-state index contributed by atoms with van der Waals surface area (Å²) in [5.41, 5.74) is 0. The first kappa shape index (κ1) is 11.5. The second kappa shape index (κ2) is 6.79. The van der Waals surface area contributed by atoms with Gasteiger partial charge < -0.3 is 15.0 Å². The molecule has 1 saturated heterocycles. The Morgan fingerprint density at radius 1 is 1.43 bits per heavy atom. The molecular formula is C10H20N2O2. The summed E-state index contributed by atoms with van der Waals surface area (Å²) < 4.78 is 4.86. The van der Waals surface area contributed by atoms with Gasteiger partial charge in [-0.15, -0.1) is 0 Å². The molecule has 4 nitrogen and oxygen atoms in total. The lowest BCUT2D eigenvalue weighted by molar-refractivity contribution is -0.143. The average molecular weight is 200 g/mol. The first-order valence-electron chi connectivity index (χ1n) is 5.41. The van der Waals surface area contributed by atoms with Crippen molar-refractivity contribution in [2.45, 2.75) is 19.8 Å². The third-order valence-electron chi connectivity index (χ3n) is 2.37. The molecule has 0 bridgehead atoms. The number of carbonyl (C=O) groups excluding carboxylic acids is 1. The predicted octanol–water partition coefficient (Wildman–Crippen LogP) is 0.235. The minimum Gasteiger partial charge on any atom is -0.466 e. The van der Waals surface area contributed by atoms with Gasteiger partial charge in [0, 0.05) is 32.6 Å². The highest BCUT2D eigenvalue weighted by Crippen LogP contribution is 1.98. The first-order chi connectivity index (χ1) is 6.83. The van der Waals surface area contributed by atoms with Crippen LogP contribution in [0.4, 0.5) is 0 Å². The Morgan fingerprint density at radius 2 is 2.14 bits per heavy atom. The first-order valence-corrected chi connectivity index (χ1v) is 5.41. The van der Waals surface area contributed by atoms with Crippen molar-refractivity contribution in [2.75, 3.05) is 39.3 Å². The standard InChI is InChI=1S/C10H20N2O2/c1-2-14-10(13)4-3-7-12-8-5-11-6-9-12/h11H,2-9H2,1H3. The second-order valence-corrected chi connectivity index (χ2v) is 3.50. The van der Waals surface area contributed by atoms with Crippen molar-refractivity contribution in [1.82, 2.24) is 10.2 Å². The molecule has 1 aliphatic rings. The third kappa shape index (κ3) is 4.58. The van der Waals surface area contributed by atoms with Crippen LogP contribution >= 0.6 is 0 Å². The largest absolute Gasteiger partial charge is 0.466 e. The van der Waals surface area contributed by atoms with E-state index >= 15 is 0 Å². The minimum atomic E-state index is -0.0670. The fourth-order valence-electron chi connectivity index (χ4n) is 1.61. The van der Waals surface area contributed by atoms with Gasteiger partial charge in [-0.1, -0.05) is 0 Å². The zero-order valence-electron chi connectivity index (χ0n) is 8.92. The number of nitrogens with one attached hydrogen (secondary N) is 1. The fraction of sp³-hybridized carbons (Fsp3) is 0.900. The van der Waals surface area contributed by atoms with Gasteiger partial charge in [0.25, 0.3) is 0 Å². The second-order valence-electron chi connectivity index (χ2n) is 3.50. The van der Waals surface area contributed by atoms with Gasteiger partial charge in [-0.2, -0.15) is 0 Å². The molecule has 0 atom stereocenters. The van der Waals surface area contributed by atoms with Crippen LogP contribution in [0.15, 0.2) is 0 Å². The number of nitrogens with zero attached hydrogens (tertiary/aromatic N) is 1. The molecule has 0 radical (unpaired) electrons. The molecule has 1 heterocycles. The van der Waals surface area contributed by atoms with Crippen LogP contribution in [0.25, 0.3) is 0 Å². The van der Waals surface area contributed by atoms with E-state index in [1.54, 1.807) is 0 Å². The highest BCUT2D eigenvalue weighted by atomic mass is 16.5. The van der Waals surface area contributed by atoms with E-state index < -0.39 is 0 Å². The van der Waals surface area contributed by atoms with Crippen LogP contribution in [0.5, 0.6) is 0 Å². The molecule has 4 heteroatoms. The van der Waals surface area contributed by atoms with Crippen LogP contribution < -0.4 is 5.32 Å². The summed E-state index contributed by atoms with van der Waals surface area (Å²) in [7, 11) is 0. The molecule has 0 aromatic rings. The van der Waals surface area contributed by atoms with E-state index in [-0.39, 0.29) is 5.97 Å². The van der Waals surface area contributed by atoms with Crippen molar-refractivity contribution in [2.24, 2.45) is 0 Å². The number of piperazine rings is 1. The molecule has 82 valence electrons. The summed E-state index contributed by atoms with van der Waals surface area (Å²) in [5, 5.41) is 3.30. The van der Waals surface area contributed by atoms with Crippen molar-refractivity contribution in [1.29, 1.82) is 0 Å². The number of hydrogen-bond donors (Lipinski definition) is 1. The molecule has 0 spiro atoms. The molecule has 0 aromatic heterocycles. The van der Waals surface area contributed by atoms with Crippen molar-refractivity contribution in [3.05, 3.63) is 0 Å². The Morgan fingerprint density at radius 3 is 2.79 bits per heavy atom. The fourth-order valence-corrected chi connectivity index (χ4v) is 1.61. The maximum Gasteiger partial charge on any atom is 0.305 e. The molecule has 0 aliphatic carbocycles. The molecule has 0 saturated carbocycles. The monoisotopic (exact) mass is 200 g/mol. The summed E-state index contributed by atoms with van der Waals surface area (Å²) in [6.07, 6.45) is 1.47. The molecule has 1 aliphatic heterocycles. The SMILES string of the molecule is CCOC(=O)CCCN1CCNCC1. The van der Waals surface area contributed by atoms with Gasteiger partial charge in [-0.3, -0.25) is 4.79 Å². The Balaban J connectivity index is 1.99. The predicted molar refractivity (Wildman–Crippen MR) is 55.2 cm³/mol. The van der Waals surface area contributed by atoms with Crippen molar-refractivity contribution in [3.8, 4) is 0 Å². The van der Waals surface area contributed by atoms with E-state index in [0.717, 1.165) is 39.1 Å². The van der Waals surface area contributed by atoms with Crippen LogP contribution in [-0.4, -0.2) is 50.2 Å². The van der Waals surface area contributed by atoms with Crippen LogP contribution in [0.3, 0.4) is 0 Å². The number of carbonyl (C=O) groups is 1. The number of ether oxygens (including phenoxy) is 1. The zero-order chi connectivity index (χ0) is 10.2.